The van der Waals surface area contributed by atoms with Crippen LogP contribution in [-0.2, 0) is 16.2 Å². The lowest BCUT2D eigenvalue weighted by Crippen LogP contribution is -2.34. The van der Waals surface area contributed by atoms with E-state index in [-0.39, 0.29) is 17.6 Å². The second kappa shape index (κ2) is 8.64. The number of benzene rings is 1. The zero-order valence-electron chi connectivity index (χ0n) is 18.9. The lowest BCUT2D eigenvalue weighted by molar-refractivity contribution is -0.141. The van der Waals surface area contributed by atoms with E-state index >= 15 is 0 Å². The van der Waals surface area contributed by atoms with Crippen molar-refractivity contribution in [1.29, 1.82) is 0 Å². The van der Waals surface area contributed by atoms with Gasteiger partial charge in [0.25, 0.3) is 11.9 Å². The van der Waals surface area contributed by atoms with Crippen LogP contribution in [0.1, 0.15) is 49.9 Å². The number of nitrogens with zero attached hydrogens (tertiary/aromatic N) is 3. The van der Waals surface area contributed by atoms with E-state index in [9.17, 15) is 26.4 Å². The van der Waals surface area contributed by atoms with Gasteiger partial charge in [-0.2, -0.15) is 18.2 Å². The predicted octanol–water partition coefficient (Wildman–Crippen LogP) is 4.72. The third-order valence-electron chi connectivity index (χ3n) is 5.80. The number of piperidine rings is 1. The number of hydrogen-bond donors (Lipinski definition) is 1. The molecule has 4 rings (SSSR count). The molecule has 1 unspecified atom stereocenters. The highest BCUT2D eigenvalue weighted by Gasteiger charge is 2.42. The van der Waals surface area contributed by atoms with Crippen molar-refractivity contribution in [1.82, 2.24) is 8.96 Å². The van der Waals surface area contributed by atoms with Gasteiger partial charge in [-0.3, -0.25) is 4.79 Å². The summed E-state index contributed by atoms with van der Waals surface area (Å²) >= 11 is 0. The Morgan fingerprint density at radius 1 is 1.26 bits per heavy atom. The molecule has 34 heavy (non-hydrogen) atoms. The van der Waals surface area contributed by atoms with Gasteiger partial charge in [0.05, 0.1) is 10.8 Å². The molecule has 1 aliphatic heterocycles. The van der Waals surface area contributed by atoms with Crippen LogP contribution in [0.15, 0.2) is 34.9 Å². The van der Waals surface area contributed by atoms with E-state index in [0.717, 1.165) is 16.8 Å². The Morgan fingerprint density at radius 2 is 2.00 bits per heavy atom. The van der Waals surface area contributed by atoms with E-state index in [2.05, 4.69) is 10.3 Å². The number of alkyl halides is 3. The minimum absolute atomic E-state index is 0.190. The fraction of sp³-hybridized carbons (Fsp3) is 0.455. The van der Waals surface area contributed by atoms with Gasteiger partial charge in [0.1, 0.15) is 0 Å². The van der Waals surface area contributed by atoms with Crippen molar-refractivity contribution in [3.05, 3.63) is 41.9 Å². The maximum Gasteiger partial charge on any atom is 0.437 e. The first kappa shape index (κ1) is 24.1. The van der Waals surface area contributed by atoms with Crippen LogP contribution in [0.2, 0.25) is 0 Å². The standard InChI is InChI=1S/C22H25F3N4O4S/c1-13(2)34(31,32)29-10-8-15-11-16(6-7-17(15)29)26-20(30)18-19(22(23,24)25)27-21(33-18)28-9-4-5-14(3)12-28/h6-8,10-11,13-14H,4-5,9,12H2,1-3H3,(H,26,30). The van der Waals surface area contributed by atoms with E-state index in [1.165, 1.54) is 24.4 Å². The van der Waals surface area contributed by atoms with Crippen LogP contribution in [0.25, 0.3) is 10.9 Å². The zero-order valence-corrected chi connectivity index (χ0v) is 19.7. The number of carbonyl (C=O) groups is 1. The number of nitrogens with one attached hydrogen (secondary N) is 1. The molecule has 1 amide bonds. The van der Waals surface area contributed by atoms with Crippen LogP contribution >= 0.6 is 0 Å². The number of fused-ring (bicyclic) bond motifs is 1. The average Bonchev–Trinajstić information content (AvgIpc) is 3.38. The topological polar surface area (TPSA) is 97.4 Å². The molecule has 184 valence electrons. The summed E-state index contributed by atoms with van der Waals surface area (Å²) in [6, 6.07) is 5.71. The molecule has 1 fully saturated rings. The van der Waals surface area contributed by atoms with Crippen molar-refractivity contribution in [3.63, 3.8) is 0 Å². The smallest absolute Gasteiger partial charge is 0.417 e. The van der Waals surface area contributed by atoms with Crippen molar-refractivity contribution < 1.29 is 30.8 Å². The highest BCUT2D eigenvalue weighted by Crippen LogP contribution is 2.35. The molecule has 1 aromatic carbocycles. The molecule has 3 heterocycles. The summed E-state index contributed by atoms with van der Waals surface area (Å²) < 4.78 is 72.3. The van der Waals surface area contributed by atoms with Crippen LogP contribution in [0, 0.1) is 5.92 Å². The first-order chi connectivity index (χ1) is 15.9. The van der Waals surface area contributed by atoms with Crippen molar-refractivity contribution >= 4 is 38.5 Å². The highest BCUT2D eigenvalue weighted by atomic mass is 32.2. The second-order valence-electron chi connectivity index (χ2n) is 8.80. The van der Waals surface area contributed by atoms with E-state index in [4.69, 9.17) is 4.42 Å². The normalized spacial score (nSPS) is 17.5. The van der Waals surface area contributed by atoms with Crippen LogP contribution in [0.4, 0.5) is 24.9 Å². The molecule has 0 radical (unpaired) electrons. The van der Waals surface area contributed by atoms with Crippen LogP contribution in [0.3, 0.4) is 0 Å². The lowest BCUT2D eigenvalue weighted by atomic mass is 10.0. The number of amides is 1. The summed E-state index contributed by atoms with van der Waals surface area (Å²) in [5.41, 5.74) is -0.799. The third-order valence-corrected chi connectivity index (χ3v) is 7.86. The number of halogens is 3. The second-order valence-corrected chi connectivity index (χ2v) is 11.2. The van der Waals surface area contributed by atoms with Crippen LogP contribution < -0.4 is 10.2 Å². The SMILES string of the molecule is CC1CCCN(c2nc(C(F)(F)F)c(C(=O)Nc3ccc4c(ccn4S(=O)(=O)C(C)C)c3)o2)C1. The summed E-state index contributed by atoms with van der Waals surface area (Å²) in [5.74, 6) is -1.74. The van der Waals surface area contributed by atoms with Crippen molar-refractivity contribution in [2.75, 3.05) is 23.3 Å². The van der Waals surface area contributed by atoms with Gasteiger partial charge in [0, 0.05) is 30.4 Å². The van der Waals surface area contributed by atoms with Gasteiger partial charge >= 0.3 is 6.18 Å². The molecule has 1 N–H and O–H groups in total. The fourth-order valence-electron chi connectivity index (χ4n) is 3.98. The quantitative estimate of drug-likeness (QED) is 0.547. The molecule has 0 aliphatic carbocycles. The molecular formula is C22H25F3N4O4S. The molecule has 1 saturated heterocycles. The Balaban J connectivity index is 1.63. The highest BCUT2D eigenvalue weighted by molar-refractivity contribution is 7.90. The van der Waals surface area contributed by atoms with Crippen molar-refractivity contribution in [3.8, 4) is 0 Å². The molecule has 3 aromatic rings. The zero-order chi connectivity index (χ0) is 24.8. The fourth-order valence-corrected chi connectivity index (χ4v) is 5.11. The van der Waals surface area contributed by atoms with Crippen LogP contribution in [0.5, 0.6) is 0 Å². The average molecular weight is 499 g/mol. The number of oxazole rings is 1. The van der Waals surface area contributed by atoms with Gasteiger partial charge < -0.3 is 14.6 Å². The van der Waals surface area contributed by atoms with Crippen molar-refractivity contribution in [2.45, 2.75) is 45.0 Å². The lowest BCUT2D eigenvalue weighted by Gasteiger charge is -2.29. The van der Waals surface area contributed by atoms with Gasteiger partial charge in [0.2, 0.25) is 15.8 Å². The molecule has 0 spiro atoms. The Labute approximate surface area is 194 Å². The summed E-state index contributed by atoms with van der Waals surface area (Å²) in [6.45, 7) is 6.10. The largest absolute Gasteiger partial charge is 0.437 e. The molecule has 12 heteroatoms. The van der Waals surface area contributed by atoms with Crippen LogP contribution in [-0.4, -0.2) is 41.6 Å². The van der Waals surface area contributed by atoms with E-state index < -0.39 is 38.8 Å². The molecule has 2 aromatic heterocycles. The van der Waals surface area contributed by atoms with E-state index in [0.29, 0.717) is 24.0 Å². The number of carbonyl (C=O) groups excluding carboxylic acids is 1. The van der Waals surface area contributed by atoms with E-state index in [1.807, 2.05) is 6.92 Å². The Morgan fingerprint density at radius 3 is 2.65 bits per heavy atom. The van der Waals surface area contributed by atoms with E-state index in [1.54, 1.807) is 24.8 Å². The minimum atomic E-state index is -4.87. The first-order valence-corrected chi connectivity index (χ1v) is 12.4. The molecule has 0 bridgehead atoms. The molecule has 8 nitrogen and oxygen atoms in total. The molecular weight excluding hydrogens is 473 g/mol. The molecule has 0 saturated carbocycles. The Hall–Kier alpha value is -3.02. The van der Waals surface area contributed by atoms with Gasteiger partial charge in [-0.05, 0) is 56.9 Å². The summed E-state index contributed by atoms with van der Waals surface area (Å²) in [6.07, 6.45) is -1.73. The number of anilines is 2. The maximum atomic E-state index is 13.6. The Bertz CT molecular complexity index is 1330. The maximum absolute atomic E-state index is 13.6. The van der Waals surface area contributed by atoms with Crippen molar-refractivity contribution in [2.24, 2.45) is 5.92 Å². The minimum Gasteiger partial charge on any atom is -0.417 e. The van der Waals surface area contributed by atoms with Gasteiger partial charge in [-0.1, -0.05) is 6.92 Å². The third kappa shape index (κ3) is 4.50. The molecule has 1 atom stereocenters. The van der Waals surface area contributed by atoms with Gasteiger partial charge in [-0.15, -0.1) is 0 Å². The summed E-state index contributed by atoms with van der Waals surface area (Å²) in [7, 11) is -3.60. The predicted molar refractivity (Wildman–Crippen MR) is 121 cm³/mol. The molecule has 1 aliphatic rings. The Kier molecular flexibility index (Phi) is 6.13. The number of aromatic nitrogens is 2. The van der Waals surface area contributed by atoms with Gasteiger partial charge in [-0.25, -0.2) is 12.4 Å². The number of hydrogen-bond acceptors (Lipinski definition) is 6. The summed E-state index contributed by atoms with van der Waals surface area (Å²) in [5, 5.41) is 2.26. The van der Waals surface area contributed by atoms with Gasteiger partial charge in [0.15, 0.2) is 5.69 Å². The number of rotatable bonds is 5. The first-order valence-electron chi connectivity index (χ1n) is 10.9. The summed E-state index contributed by atoms with van der Waals surface area (Å²) in [4.78, 5) is 18.0. The monoisotopic (exact) mass is 498 g/mol.